The average Bonchev–Trinajstić information content (AvgIpc) is 2.38. The summed E-state index contributed by atoms with van der Waals surface area (Å²) < 4.78 is 0. The Kier molecular flexibility index (Phi) is 4.75. The van der Waals surface area contributed by atoms with E-state index in [9.17, 15) is 0 Å². The topological polar surface area (TPSA) is 41.1 Å². The zero-order chi connectivity index (χ0) is 13.8. The lowest BCUT2D eigenvalue weighted by Crippen LogP contribution is -2.58. The van der Waals surface area contributed by atoms with E-state index < -0.39 is 0 Å². The molecule has 1 aliphatic rings. The largest absolute Gasteiger partial charge is 0.363 e. The number of rotatable bonds is 4. The summed E-state index contributed by atoms with van der Waals surface area (Å²) in [4.78, 5) is 10.8. The summed E-state index contributed by atoms with van der Waals surface area (Å²) in [5, 5.41) is 3.70. The quantitative estimate of drug-likeness (QED) is 0.904. The molecule has 1 aliphatic heterocycles. The number of anilines is 1. The Bertz CT molecular complexity index is 377. The number of hydrogen-bond acceptors (Lipinski definition) is 4. The van der Waals surface area contributed by atoms with Gasteiger partial charge in [-0.1, -0.05) is 27.7 Å². The summed E-state index contributed by atoms with van der Waals surface area (Å²) in [6.45, 7) is 11.2. The van der Waals surface area contributed by atoms with Crippen LogP contribution < -0.4 is 10.2 Å². The Balaban J connectivity index is 2.13. The number of hydrogen-bond donors (Lipinski definition) is 1. The van der Waals surface area contributed by atoms with Gasteiger partial charge >= 0.3 is 0 Å². The van der Waals surface area contributed by atoms with Crippen molar-refractivity contribution in [2.24, 2.45) is 11.8 Å². The van der Waals surface area contributed by atoms with Gasteiger partial charge in [0.2, 0.25) is 0 Å². The van der Waals surface area contributed by atoms with E-state index in [4.69, 9.17) is 0 Å². The van der Waals surface area contributed by atoms with Crippen LogP contribution in [0.1, 0.15) is 34.1 Å². The van der Waals surface area contributed by atoms with Crippen molar-refractivity contribution in [1.82, 2.24) is 15.3 Å². The molecule has 1 aromatic rings. The summed E-state index contributed by atoms with van der Waals surface area (Å²) in [6.07, 6.45) is 6.68. The first-order valence-electron chi connectivity index (χ1n) is 7.33. The zero-order valence-corrected chi connectivity index (χ0v) is 12.5. The van der Waals surface area contributed by atoms with Gasteiger partial charge in [0.15, 0.2) is 0 Å². The zero-order valence-electron chi connectivity index (χ0n) is 12.5. The van der Waals surface area contributed by atoms with Crippen LogP contribution in [-0.2, 0) is 0 Å². The number of nitrogens with zero attached hydrogens (tertiary/aromatic N) is 3. The molecule has 1 N–H and O–H groups in total. The third-order valence-corrected chi connectivity index (χ3v) is 3.84. The van der Waals surface area contributed by atoms with Crippen LogP contribution in [0.3, 0.4) is 0 Å². The standard InChI is InChI=1S/C15H26N4/c1-11(2)5-13-9-19(14-6-16-10-17-7-14)15(8-18-13)12(3)4/h6-7,10-13,15,18H,5,8-9H2,1-4H3. The summed E-state index contributed by atoms with van der Waals surface area (Å²) in [6, 6.07) is 1.09. The van der Waals surface area contributed by atoms with Gasteiger partial charge < -0.3 is 10.2 Å². The third kappa shape index (κ3) is 3.66. The minimum atomic E-state index is 0.523. The van der Waals surface area contributed by atoms with Crippen LogP contribution in [0, 0.1) is 11.8 Å². The van der Waals surface area contributed by atoms with E-state index in [1.54, 1.807) is 6.33 Å². The monoisotopic (exact) mass is 262 g/mol. The molecule has 4 nitrogen and oxygen atoms in total. The minimum absolute atomic E-state index is 0.523. The molecule has 19 heavy (non-hydrogen) atoms. The lowest BCUT2D eigenvalue weighted by molar-refractivity contribution is 0.310. The van der Waals surface area contributed by atoms with Crippen molar-refractivity contribution in [2.45, 2.75) is 46.2 Å². The van der Waals surface area contributed by atoms with Crippen LogP contribution >= 0.6 is 0 Å². The number of aromatic nitrogens is 2. The molecular formula is C15H26N4. The van der Waals surface area contributed by atoms with Crippen LogP contribution in [0.2, 0.25) is 0 Å². The summed E-state index contributed by atoms with van der Waals surface area (Å²) in [5.74, 6) is 1.34. The second kappa shape index (κ2) is 6.33. The molecule has 106 valence electrons. The van der Waals surface area contributed by atoms with E-state index >= 15 is 0 Å². The predicted molar refractivity (Wildman–Crippen MR) is 79.2 cm³/mol. The molecule has 0 amide bonds. The Hall–Kier alpha value is -1.16. The second-order valence-corrected chi connectivity index (χ2v) is 6.30. The smallest absolute Gasteiger partial charge is 0.115 e. The molecule has 2 atom stereocenters. The molecule has 0 aliphatic carbocycles. The molecule has 1 fully saturated rings. The molecule has 2 heterocycles. The van der Waals surface area contributed by atoms with E-state index in [1.807, 2.05) is 12.4 Å². The maximum Gasteiger partial charge on any atom is 0.115 e. The van der Waals surface area contributed by atoms with Crippen molar-refractivity contribution in [3.63, 3.8) is 0 Å². The van der Waals surface area contributed by atoms with Gasteiger partial charge in [-0.3, -0.25) is 0 Å². The molecule has 0 spiro atoms. The third-order valence-electron chi connectivity index (χ3n) is 3.84. The van der Waals surface area contributed by atoms with Crippen LogP contribution in [-0.4, -0.2) is 35.1 Å². The fourth-order valence-electron chi connectivity index (χ4n) is 2.89. The van der Waals surface area contributed by atoms with Crippen LogP contribution in [0.5, 0.6) is 0 Å². The van der Waals surface area contributed by atoms with Crippen molar-refractivity contribution in [1.29, 1.82) is 0 Å². The van der Waals surface area contributed by atoms with Gasteiger partial charge in [0.1, 0.15) is 6.33 Å². The average molecular weight is 262 g/mol. The van der Waals surface area contributed by atoms with Crippen molar-refractivity contribution < 1.29 is 0 Å². The highest BCUT2D eigenvalue weighted by atomic mass is 15.2. The van der Waals surface area contributed by atoms with Gasteiger partial charge in [-0.25, -0.2) is 9.97 Å². The van der Waals surface area contributed by atoms with E-state index in [1.165, 1.54) is 6.42 Å². The minimum Gasteiger partial charge on any atom is -0.363 e. The molecular weight excluding hydrogens is 236 g/mol. The molecule has 4 heteroatoms. The van der Waals surface area contributed by atoms with Crippen molar-refractivity contribution in [3.05, 3.63) is 18.7 Å². The van der Waals surface area contributed by atoms with E-state index in [2.05, 4.69) is 47.9 Å². The molecule has 2 rings (SSSR count). The van der Waals surface area contributed by atoms with Crippen molar-refractivity contribution in [3.8, 4) is 0 Å². The maximum atomic E-state index is 4.17. The summed E-state index contributed by atoms with van der Waals surface area (Å²) >= 11 is 0. The normalized spacial score (nSPS) is 24.2. The fraction of sp³-hybridized carbons (Fsp3) is 0.733. The van der Waals surface area contributed by atoms with Gasteiger partial charge in [0, 0.05) is 25.2 Å². The molecule has 2 unspecified atom stereocenters. The first-order valence-corrected chi connectivity index (χ1v) is 7.33. The highest BCUT2D eigenvalue weighted by molar-refractivity contribution is 5.44. The highest BCUT2D eigenvalue weighted by Crippen LogP contribution is 2.23. The Morgan fingerprint density at radius 3 is 2.53 bits per heavy atom. The number of piperazine rings is 1. The first kappa shape index (κ1) is 14.3. The van der Waals surface area contributed by atoms with E-state index in [-0.39, 0.29) is 0 Å². The van der Waals surface area contributed by atoms with Crippen LogP contribution in [0.4, 0.5) is 5.69 Å². The van der Waals surface area contributed by atoms with Gasteiger partial charge in [-0.2, -0.15) is 0 Å². The predicted octanol–water partition coefficient (Wildman–Crippen LogP) is 2.33. The summed E-state index contributed by atoms with van der Waals surface area (Å²) in [7, 11) is 0. The fourth-order valence-corrected chi connectivity index (χ4v) is 2.89. The second-order valence-electron chi connectivity index (χ2n) is 6.30. The van der Waals surface area contributed by atoms with Gasteiger partial charge in [0.05, 0.1) is 18.1 Å². The lowest BCUT2D eigenvalue weighted by Gasteiger charge is -2.44. The van der Waals surface area contributed by atoms with Gasteiger partial charge in [-0.05, 0) is 18.3 Å². The molecule has 1 aromatic heterocycles. The first-order chi connectivity index (χ1) is 9.08. The Labute approximate surface area is 116 Å². The Morgan fingerprint density at radius 2 is 1.95 bits per heavy atom. The number of nitrogens with one attached hydrogen (secondary N) is 1. The van der Waals surface area contributed by atoms with E-state index in [0.29, 0.717) is 18.0 Å². The molecule has 0 radical (unpaired) electrons. The SMILES string of the molecule is CC(C)CC1CN(c2cncnc2)C(C(C)C)CN1. The van der Waals surface area contributed by atoms with Gasteiger partial charge in [0.25, 0.3) is 0 Å². The molecule has 0 saturated carbocycles. The van der Waals surface area contributed by atoms with Crippen LogP contribution in [0.15, 0.2) is 18.7 Å². The molecule has 1 saturated heterocycles. The van der Waals surface area contributed by atoms with Crippen molar-refractivity contribution >= 4 is 5.69 Å². The Morgan fingerprint density at radius 1 is 1.26 bits per heavy atom. The molecule has 0 bridgehead atoms. The van der Waals surface area contributed by atoms with Crippen molar-refractivity contribution in [2.75, 3.05) is 18.0 Å². The highest BCUT2D eigenvalue weighted by Gasteiger charge is 2.30. The lowest BCUT2D eigenvalue weighted by atomic mass is 9.94. The molecule has 0 aromatic carbocycles. The summed E-state index contributed by atoms with van der Waals surface area (Å²) in [5.41, 5.74) is 1.15. The maximum absolute atomic E-state index is 4.17. The van der Waals surface area contributed by atoms with E-state index in [0.717, 1.165) is 24.7 Å². The van der Waals surface area contributed by atoms with Crippen LogP contribution in [0.25, 0.3) is 0 Å². The van der Waals surface area contributed by atoms with Gasteiger partial charge in [-0.15, -0.1) is 0 Å².